The fraction of sp³-hybridized carbons (Fsp3) is 0.278. The van der Waals surface area contributed by atoms with Crippen molar-refractivity contribution in [2.45, 2.75) is 31.1 Å². The van der Waals surface area contributed by atoms with Crippen LogP contribution in [0.25, 0.3) is 5.57 Å². The summed E-state index contributed by atoms with van der Waals surface area (Å²) in [5, 5.41) is 14.2. The molecule has 6 atom stereocenters. The molecule has 2 amide bonds. The number of phenolic OH excluding ortho intramolecular Hbond substituents is 1. The second-order valence-electron chi connectivity index (χ2n) is 11.8. The number of hydrogen-bond acceptors (Lipinski definition) is 6. The van der Waals surface area contributed by atoms with E-state index < -0.39 is 35.0 Å². The van der Waals surface area contributed by atoms with Crippen molar-refractivity contribution in [3.8, 4) is 11.5 Å². The molecule has 0 bridgehead atoms. The highest BCUT2D eigenvalue weighted by molar-refractivity contribution is 6.31. The highest BCUT2D eigenvalue weighted by Crippen LogP contribution is 2.64. The number of ketones is 2. The Balaban J connectivity index is 1.54. The summed E-state index contributed by atoms with van der Waals surface area (Å²) in [6.07, 6.45) is 3.99. The maximum atomic E-state index is 14.9. The Morgan fingerprint density at radius 1 is 0.884 bits per heavy atom. The molecule has 0 spiro atoms. The molecule has 2 N–H and O–H groups in total. The molecule has 2 fully saturated rings. The Hall–Kier alpha value is -4.78. The Morgan fingerprint density at radius 3 is 2.33 bits per heavy atom. The van der Waals surface area contributed by atoms with E-state index in [1.165, 1.54) is 6.08 Å². The zero-order valence-electron chi connectivity index (χ0n) is 23.7. The Bertz CT molecular complexity index is 1720. The highest BCUT2D eigenvalue weighted by atomic mass is 16.5. The molecular formula is C36H31NO6. The van der Waals surface area contributed by atoms with Gasteiger partial charge in [-0.3, -0.25) is 24.5 Å². The first-order valence-corrected chi connectivity index (χ1v) is 14.8. The topological polar surface area (TPSA) is 110 Å². The van der Waals surface area contributed by atoms with E-state index in [1.807, 2.05) is 73.7 Å². The standard InChI is InChI=1S/C36H31NO6/c1-2-43-28-15-9-14-24(33(28)40)31-22-16-17-23-30(35(42)37-34(23)41)26(22)18-27-32(39)25(20-10-5-3-6-11-20)19-29(38)36(27,31)21-12-7-4-8-13-21/h3-16,19,23,26-27,30-31,40H,2,17-18H2,1H3,(H,37,41,42). The number of carbonyl (C=O) groups is 4. The summed E-state index contributed by atoms with van der Waals surface area (Å²) in [5.74, 6) is -4.20. The van der Waals surface area contributed by atoms with Gasteiger partial charge in [0.15, 0.2) is 23.1 Å². The molecule has 1 saturated carbocycles. The zero-order valence-corrected chi connectivity index (χ0v) is 23.7. The summed E-state index contributed by atoms with van der Waals surface area (Å²) in [6.45, 7) is 2.15. The molecule has 3 aromatic carbocycles. The number of benzene rings is 3. The van der Waals surface area contributed by atoms with Crippen molar-refractivity contribution in [2.24, 2.45) is 23.7 Å². The van der Waals surface area contributed by atoms with Crippen molar-refractivity contribution in [1.82, 2.24) is 5.32 Å². The van der Waals surface area contributed by atoms with Crippen LogP contribution in [0, 0.1) is 23.7 Å². The van der Waals surface area contributed by atoms with Crippen molar-refractivity contribution >= 4 is 29.0 Å². The van der Waals surface area contributed by atoms with Crippen LogP contribution < -0.4 is 10.1 Å². The molecule has 1 saturated heterocycles. The number of hydrogen-bond donors (Lipinski definition) is 2. The lowest BCUT2D eigenvalue weighted by atomic mass is 9.44. The lowest BCUT2D eigenvalue weighted by molar-refractivity contribution is -0.135. The summed E-state index contributed by atoms with van der Waals surface area (Å²) in [6, 6.07) is 23.7. The van der Waals surface area contributed by atoms with Gasteiger partial charge < -0.3 is 9.84 Å². The summed E-state index contributed by atoms with van der Waals surface area (Å²) >= 11 is 0. The number of carbonyl (C=O) groups excluding carboxylic acids is 4. The molecule has 1 aliphatic heterocycles. The predicted molar refractivity (Wildman–Crippen MR) is 159 cm³/mol. The number of nitrogens with one attached hydrogen (secondary N) is 1. The van der Waals surface area contributed by atoms with Gasteiger partial charge in [-0.15, -0.1) is 0 Å². The van der Waals surface area contributed by atoms with E-state index >= 15 is 0 Å². The molecule has 216 valence electrons. The van der Waals surface area contributed by atoms with Crippen molar-refractivity contribution in [3.63, 3.8) is 0 Å². The molecule has 43 heavy (non-hydrogen) atoms. The molecule has 3 aliphatic carbocycles. The third-order valence-corrected chi connectivity index (χ3v) is 9.86. The van der Waals surface area contributed by atoms with Crippen molar-refractivity contribution < 1.29 is 29.0 Å². The van der Waals surface area contributed by atoms with Gasteiger partial charge in [-0.05, 0) is 49.0 Å². The average molecular weight is 574 g/mol. The first kappa shape index (κ1) is 27.1. The zero-order chi connectivity index (χ0) is 29.9. The largest absolute Gasteiger partial charge is 0.504 e. The maximum Gasteiger partial charge on any atom is 0.231 e. The van der Waals surface area contributed by atoms with Gasteiger partial charge in [0.2, 0.25) is 11.8 Å². The summed E-state index contributed by atoms with van der Waals surface area (Å²) in [4.78, 5) is 55.7. The van der Waals surface area contributed by atoms with Gasteiger partial charge in [0.25, 0.3) is 0 Å². The quantitative estimate of drug-likeness (QED) is 0.332. The van der Waals surface area contributed by atoms with E-state index in [2.05, 4.69) is 5.32 Å². The second-order valence-corrected chi connectivity index (χ2v) is 11.8. The SMILES string of the molecule is CCOc1cccc(C2C3=CCC4C(=O)NC(=O)C4C3CC3C(=O)C(c4ccccc4)=CC(=O)C32c2ccccc2)c1O. The van der Waals surface area contributed by atoms with E-state index in [9.17, 15) is 24.3 Å². The number of phenols is 1. The number of para-hydroxylation sites is 1. The van der Waals surface area contributed by atoms with Crippen LogP contribution in [0.5, 0.6) is 11.5 Å². The fourth-order valence-corrected chi connectivity index (χ4v) is 8.17. The second kappa shape index (κ2) is 10.2. The average Bonchev–Trinajstić information content (AvgIpc) is 3.33. The van der Waals surface area contributed by atoms with Crippen LogP contribution in [-0.2, 0) is 24.6 Å². The number of fused-ring (bicyclic) bond motifs is 4. The molecule has 1 heterocycles. The van der Waals surface area contributed by atoms with E-state index in [4.69, 9.17) is 4.74 Å². The minimum absolute atomic E-state index is 0.0999. The van der Waals surface area contributed by atoms with E-state index in [-0.39, 0.29) is 41.3 Å². The number of aromatic hydroxyl groups is 1. The number of ether oxygens (including phenoxy) is 1. The predicted octanol–water partition coefficient (Wildman–Crippen LogP) is 4.90. The van der Waals surface area contributed by atoms with Crippen LogP contribution in [0.4, 0.5) is 0 Å². The first-order chi connectivity index (χ1) is 20.9. The van der Waals surface area contributed by atoms with Gasteiger partial charge in [0.05, 0.1) is 23.9 Å². The van der Waals surface area contributed by atoms with Crippen molar-refractivity contribution in [1.29, 1.82) is 0 Å². The molecule has 3 aromatic rings. The van der Waals surface area contributed by atoms with Crippen LogP contribution in [0.3, 0.4) is 0 Å². The smallest absolute Gasteiger partial charge is 0.231 e. The van der Waals surface area contributed by atoms with Gasteiger partial charge in [0.1, 0.15) is 0 Å². The number of allylic oxidation sites excluding steroid dienone is 4. The van der Waals surface area contributed by atoms with Crippen LogP contribution in [0.1, 0.15) is 42.4 Å². The fourth-order valence-electron chi connectivity index (χ4n) is 8.17. The molecular weight excluding hydrogens is 542 g/mol. The summed E-state index contributed by atoms with van der Waals surface area (Å²) in [7, 11) is 0. The van der Waals surface area contributed by atoms with Gasteiger partial charge in [-0.25, -0.2) is 0 Å². The highest BCUT2D eigenvalue weighted by Gasteiger charge is 2.65. The van der Waals surface area contributed by atoms with E-state index in [0.29, 0.717) is 35.3 Å². The third kappa shape index (κ3) is 3.87. The first-order valence-electron chi connectivity index (χ1n) is 14.8. The molecule has 7 rings (SSSR count). The Morgan fingerprint density at radius 2 is 1.60 bits per heavy atom. The maximum absolute atomic E-state index is 14.9. The number of Topliss-reactive ketones (excluding diaryl/α,β-unsaturated/α-hetero) is 1. The van der Waals surface area contributed by atoms with Crippen LogP contribution in [0.2, 0.25) is 0 Å². The monoisotopic (exact) mass is 573 g/mol. The molecule has 4 aliphatic rings. The van der Waals surface area contributed by atoms with E-state index in [0.717, 1.165) is 5.57 Å². The lowest BCUT2D eigenvalue weighted by Crippen LogP contribution is -2.58. The molecule has 7 nitrogen and oxygen atoms in total. The minimum Gasteiger partial charge on any atom is -0.504 e. The van der Waals surface area contributed by atoms with Gasteiger partial charge in [-0.2, -0.15) is 0 Å². The Labute approximate surface area is 249 Å². The number of rotatable bonds is 5. The summed E-state index contributed by atoms with van der Waals surface area (Å²) < 4.78 is 5.76. The third-order valence-electron chi connectivity index (χ3n) is 9.86. The molecule has 6 unspecified atom stereocenters. The minimum atomic E-state index is -1.40. The van der Waals surface area contributed by atoms with Gasteiger partial charge in [0, 0.05) is 23.0 Å². The van der Waals surface area contributed by atoms with Crippen LogP contribution >= 0.6 is 0 Å². The van der Waals surface area contributed by atoms with Crippen molar-refractivity contribution in [2.75, 3.05) is 6.61 Å². The van der Waals surface area contributed by atoms with E-state index in [1.54, 1.807) is 18.2 Å². The number of imide groups is 1. The Kier molecular flexibility index (Phi) is 6.42. The number of amides is 2. The lowest BCUT2D eigenvalue weighted by Gasteiger charge is -2.55. The van der Waals surface area contributed by atoms with Crippen LogP contribution in [0.15, 0.2) is 96.6 Å². The molecule has 0 radical (unpaired) electrons. The normalized spacial score (nSPS) is 29.6. The van der Waals surface area contributed by atoms with Crippen LogP contribution in [-0.4, -0.2) is 35.1 Å². The summed E-state index contributed by atoms with van der Waals surface area (Å²) in [5.41, 5.74) is 1.51. The van der Waals surface area contributed by atoms with Gasteiger partial charge >= 0.3 is 0 Å². The van der Waals surface area contributed by atoms with Crippen molar-refractivity contribution in [3.05, 3.63) is 113 Å². The van der Waals surface area contributed by atoms with Gasteiger partial charge in [-0.1, -0.05) is 84.4 Å². The molecule has 0 aromatic heterocycles. The molecule has 7 heteroatoms.